The zero-order valence-electron chi connectivity index (χ0n) is 7.95. The number of alkyl halides is 5. The van der Waals surface area contributed by atoms with E-state index in [0.29, 0.717) is 18.2 Å². The number of azide groups is 1. The summed E-state index contributed by atoms with van der Waals surface area (Å²) in [5, 5.41) is 2.78. The first-order chi connectivity index (χ1) is 7.84. The molecule has 0 aromatic heterocycles. The lowest BCUT2D eigenvalue weighted by Gasteiger charge is -2.11. The Bertz CT molecular complexity index is 453. The summed E-state index contributed by atoms with van der Waals surface area (Å²) in [5.74, 6) is -0.518. The molecule has 1 rings (SSSR count). The minimum atomic E-state index is -4.74. The normalized spacial score (nSPS) is 11.2. The second kappa shape index (κ2) is 4.88. The van der Waals surface area contributed by atoms with E-state index in [1.807, 2.05) is 0 Å². The molecule has 0 aliphatic carbocycles. The molecule has 4 nitrogen and oxygen atoms in total. The highest BCUT2D eigenvalue weighted by molar-refractivity contribution is 5.52. The van der Waals surface area contributed by atoms with E-state index in [2.05, 4.69) is 14.8 Å². The minimum Gasteiger partial charge on any atom is -0.435 e. The standard InChI is InChI=1S/C8H4F5N3O/c9-7(10)17-4-1-2-5(8(11,12)13)6(3-4)15-16-14/h1-3,7H. The second-order valence-corrected chi connectivity index (χ2v) is 2.74. The molecule has 0 aliphatic rings. The zero-order chi connectivity index (χ0) is 13.1. The van der Waals surface area contributed by atoms with Gasteiger partial charge in [-0.1, -0.05) is 5.11 Å². The monoisotopic (exact) mass is 253 g/mol. The SMILES string of the molecule is [N-]=[N+]=Nc1cc(OC(F)F)ccc1C(F)(F)F. The summed E-state index contributed by atoms with van der Waals surface area (Å²) in [6, 6.07) is 1.81. The van der Waals surface area contributed by atoms with Crippen LogP contribution < -0.4 is 4.74 Å². The third-order valence-corrected chi connectivity index (χ3v) is 1.65. The van der Waals surface area contributed by atoms with Crippen molar-refractivity contribution >= 4 is 5.69 Å². The number of hydrogen-bond acceptors (Lipinski definition) is 2. The quantitative estimate of drug-likeness (QED) is 0.344. The summed E-state index contributed by atoms with van der Waals surface area (Å²) < 4.78 is 64.7. The molecule has 0 N–H and O–H groups in total. The van der Waals surface area contributed by atoms with Crippen LogP contribution in [0.4, 0.5) is 27.6 Å². The van der Waals surface area contributed by atoms with Gasteiger partial charge < -0.3 is 4.74 Å². The number of rotatable bonds is 3. The number of hydrogen-bond donors (Lipinski definition) is 0. The lowest BCUT2D eigenvalue weighted by Crippen LogP contribution is -2.06. The Labute approximate surface area is 91.2 Å². The molecule has 0 aliphatic heterocycles. The maximum atomic E-state index is 12.4. The Kier molecular flexibility index (Phi) is 3.74. The van der Waals surface area contributed by atoms with E-state index in [1.165, 1.54) is 0 Å². The maximum Gasteiger partial charge on any atom is 0.416 e. The highest BCUT2D eigenvalue weighted by Gasteiger charge is 2.33. The van der Waals surface area contributed by atoms with Crippen LogP contribution >= 0.6 is 0 Å². The van der Waals surface area contributed by atoms with Crippen LogP contribution in [0, 0.1) is 0 Å². The van der Waals surface area contributed by atoms with Crippen LogP contribution in [0.5, 0.6) is 5.75 Å². The van der Waals surface area contributed by atoms with Crippen molar-refractivity contribution in [2.45, 2.75) is 12.8 Å². The van der Waals surface area contributed by atoms with Gasteiger partial charge in [-0.15, -0.1) is 0 Å². The molecule has 17 heavy (non-hydrogen) atoms. The average molecular weight is 253 g/mol. The van der Waals surface area contributed by atoms with E-state index in [0.717, 1.165) is 0 Å². The first kappa shape index (κ1) is 13.0. The van der Waals surface area contributed by atoms with Crippen LogP contribution in [0.1, 0.15) is 5.56 Å². The fraction of sp³-hybridized carbons (Fsp3) is 0.250. The average Bonchev–Trinajstić information content (AvgIpc) is 2.15. The highest BCUT2D eigenvalue weighted by atomic mass is 19.4. The number of nitrogens with zero attached hydrogens (tertiary/aromatic N) is 3. The Morgan fingerprint density at radius 3 is 2.41 bits per heavy atom. The van der Waals surface area contributed by atoms with E-state index in [1.54, 1.807) is 0 Å². The first-order valence-electron chi connectivity index (χ1n) is 4.05. The smallest absolute Gasteiger partial charge is 0.416 e. The third-order valence-electron chi connectivity index (χ3n) is 1.65. The van der Waals surface area contributed by atoms with Crippen LogP contribution in [0.15, 0.2) is 23.3 Å². The van der Waals surface area contributed by atoms with Gasteiger partial charge in [-0.2, -0.15) is 22.0 Å². The van der Waals surface area contributed by atoms with Gasteiger partial charge in [-0.25, -0.2) is 0 Å². The summed E-state index contributed by atoms with van der Waals surface area (Å²) in [5.41, 5.74) is 6.04. The van der Waals surface area contributed by atoms with Gasteiger partial charge in [0.25, 0.3) is 0 Å². The van der Waals surface area contributed by atoms with Crippen LogP contribution in [0.2, 0.25) is 0 Å². The van der Waals surface area contributed by atoms with Gasteiger partial charge in [0.1, 0.15) is 5.75 Å². The van der Waals surface area contributed by atoms with Gasteiger partial charge in [-0.05, 0) is 23.7 Å². The topological polar surface area (TPSA) is 58.0 Å². The third kappa shape index (κ3) is 3.49. The second-order valence-electron chi connectivity index (χ2n) is 2.74. The van der Waals surface area contributed by atoms with Crippen LogP contribution in [-0.4, -0.2) is 6.61 Å². The molecule has 0 atom stereocenters. The molecular formula is C8H4F5N3O. The first-order valence-corrected chi connectivity index (χ1v) is 4.05. The highest BCUT2D eigenvalue weighted by Crippen LogP contribution is 2.38. The minimum absolute atomic E-state index is 0.502. The summed E-state index contributed by atoms with van der Waals surface area (Å²) in [7, 11) is 0. The summed E-state index contributed by atoms with van der Waals surface area (Å²) in [6.07, 6.45) is -4.74. The molecule has 0 amide bonds. The molecule has 1 aromatic carbocycles. The van der Waals surface area contributed by atoms with E-state index >= 15 is 0 Å². The van der Waals surface area contributed by atoms with Gasteiger partial charge in [0.15, 0.2) is 0 Å². The Balaban J connectivity index is 3.22. The molecule has 1 aromatic rings. The number of ether oxygens (including phenoxy) is 1. The lowest BCUT2D eigenvalue weighted by atomic mass is 10.1. The van der Waals surface area contributed by atoms with Gasteiger partial charge in [-0.3, -0.25) is 0 Å². The van der Waals surface area contributed by atoms with Crippen molar-refractivity contribution in [2.24, 2.45) is 5.11 Å². The lowest BCUT2D eigenvalue weighted by molar-refractivity contribution is -0.137. The molecule has 0 radical (unpaired) electrons. The molecule has 0 fully saturated rings. The fourth-order valence-corrected chi connectivity index (χ4v) is 1.06. The van der Waals surface area contributed by atoms with Gasteiger partial charge in [0.05, 0.1) is 11.3 Å². The Morgan fingerprint density at radius 1 is 1.29 bits per heavy atom. The summed E-state index contributed by atoms with van der Waals surface area (Å²) in [6.45, 7) is -3.18. The zero-order valence-corrected chi connectivity index (χ0v) is 7.95. The molecule has 92 valence electrons. The van der Waals surface area contributed by atoms with Gasteiger partial charge in [0, 0.05) is 4.91 Å². The van der Waals surface area contributed by atoms with Gasteiger partial charge >= 0.3 is 12.8 Å². The molecule has 0 saturated carbocycles. The molecule has 0 bridgehead atoms. The molecule has 9 heteroatoms. The van der Waals surface area contributed by atoms with Crippen molar-refractivity contribution in [1.29, 1.82) is 0 Å². The number of halogens is 5. The predicted octanol–water partition coefficient (Wildman–Crippen LogP) is 4.25. The van der Waals surface area contributed by atoms with Crippen molar-refractivity contribution in [2.75, 3.05) is 0 Å². The van der Waals surface area contributed by atoms with Crippen molar-refractivity contribution in [1.82, 2.24) is 0 Å². The van der Waals surface area contributed by atoms with Crippen molar-refractivity contribution in [3.05, 3.63) is 34.2 Å². The molecular weight excluding hydrogens is 249 g/mol. The van der Waals surface area contributed by atoms with Crippen LogP contribution in [0.3, 0.4) is 0 Å². The van der Waals surface area contributed by atoms with E-state index in [-0.39, 0.29) is 0 Å². The summed E-state index contributed by atoms with van der Waals surface area (Å²) >= 11 is 0. The Morgan fingerprint density at radius 2 is 1.94 bits per heavy atom. The molecule has 0 heterocycles. The van der Waals surface area contributed by atoms with Crippen molar-refractivity contribution < 1.29 is 26.7 Å². The predicted molar refractivity (Wildman–Crippen MR) is 46.9 cm³/mol. The van der Waals surface area contributed by atoms with Crippen molar-refractivity contribution in [3.63, 3.8) is 0 Å². The van der Waals surface area contributed by atoms with Crippen LogP contribution in [0.25, 0.3) is 10.4 Å². The van der Waals surface area contributed by atoms with E-state index in [4.69, 9.17) is 5.53 Å². The van der Waals surface area contributed by atoms with Crippen LogP contribution in [-0.2, 0) is 6.18 Å². The Hall–Kier alpha value is -2.02. The molecule has 0 saturated heterocycles. The molecule has 0 spiro atoms. The van der Waals surface area contributed by atoms with Gasteiger partial charge in [0.2, 0.25) is 0 Å². The number of benzene rings is 1. The summed E-state index contributed by atoms with van der Waals surface area (Å²) in [4.78, 5) is 2.18. The maximum absolute atomic E-state index is 12.4. The largest absolute Gasteiger partial charge is 0.435 e. The fourth-order valence-electron chi connectivity index (χ4n) is 1.06. The van der Waals surface area contributed by atoms with E-state index in [9.17, 15) is 22.0 Å². The van der Waals surface area contributed by atoms with E-state index < -0.39 is 29.8 Å². The molecule has 0 unspecified atom stereocenters. The van der Waals surface area contributed by atoms with Crippen molar-refractivity contribution in [3.8, 4) is 5.75 Å².